The summed E-state index contributed by atoms with van der Waals surface area (Å²) in [4.78, 5) is 33.8. The fraction of sp³-hybridized carbons (Fsp3) is 0.684. The molecular formula is C19H28N4O3S. The van der Waals surface area contributed by atoms with Crippen molar-refractivity contribution in [1.82, 2.24) is 20.0 Å². The molecule has 3 aliphatic heterocycles. The average molecular weight is 393 g/mol. The predicted octanol–water partition coefficient (Wildman–Crippen LogP) is 0.238. The molecule has 0 radical (unpaired) electrons. The van der Waals surface area contributed by atoms with E-state index in [0.717, 1.165) is 19.6 Å². The van der Waals surface area contributed by atoms with Gasteiger partial charge in [-0.15, -0.1) is 11.3 Å². The molecule has 8 heteroatoms. The Kier molecular flexibility index (Phi) is 5.77. The Morgan fingerprint density at radius 1 is 1.00 bits per heavy atom. The Morgan fingerprint density at radius 2 is 1.70 bits per heavy atom. The van der Waals surface area contributed by atoms with Gasteiger partial charge in [-0.05, 0) is 38.1 Å². The minimum Gasteiger partial charge on any atom is -0.394 e. The molecule has 4 rings (SSSR count). The van der Waals surface area contributed by atoms with Crippen LogP contribution in [-0.4, -0.2) is 83.0 Å². The molecule has 3 fully saturated rings. The minimum absolute atomic E-state index is 0.157. The van der Waals surface area contributed by atoms with E-state index in [0.29, 0.717) is 13.1 Å². The highest BCUT2D eigenvalue weighted by Crippen LogP contribution is 2.24. The van der Waals surface area contributed by atoms with Crippen LogP contribution in [0.3, 0.4) is 0 Å². The summed E-state index contributed by atoms with van der Waals surface area (Å²) in [5, 5.41) is 11.9. The third-order valence-corrected chi connectivity index (χ3v) is 6.83. The van der Waals surface area contributed by atoms with Crippen molar-refractivity contribution in [3.8, 4) is 0 Å². The molecule has 0 aromatic carbocycles. The number of likely N-dealkylation sites (tertiary alicyclic amines) is 1. The van der Waals surface area contributed by atoms with Crippen LogP contribution in [0.1, 0.15) is 29.0 Å². The Bertz CT molecular complexity index is 688. The Labute approximate surface area is 163 Å². The number of nitrogens with one attached hydrogen (secondary N) is 1. The van der Waals surface area contributed by atoms with Gasteiger partial charge in [0.05, 0.1) is 6.61 Å². The highest BCUT2D eigenvalue weighted by atomic mass is 32.1. The highest BCUT2D eigenvalue weighted by molar-refractivity contribution is 7.11. The Balaban J connectivity index is 1.33. The van der Waals surface area contributed by atoms with Crippen molar-refractivity contribution in [2.75, 3.05) is 39.3 Å². The number of carbonyl (C=O) groups is 2. The van der Waals surface area contributed by atoms with Crippen LogP contribution in [0.15, 0.2) is 12.1 Å². The summed E-state index contributed by atoms with van der Waals surface area (Å²) >= 11 is 1.86. The maximum absolute atomic E-state index is 12.3. The summed E-state index contributed by atoms with van der Waals surface area (Å²) in [7, 11) is 0. The molecule has 2 amide bonds. The Morgan fingerprint density at radius 3 is 2.41 bits per heavy atom. The van der Waals surface area contributed by atoms with Gasteiger partial charge in [0.2, 0.25) is 11.8 Å². The van der Waals surface area contributed by atoms with Crippen molar-refractivity contribution in [1.29, 1.82) is 0 Å². The second-order valence-corrected chi connectivity index (χ2v) is 8.98. The molecule has 3 aliphatic rings. The number of piperazine rings is 2. The molecule has 0 saturated carbocycles. The molecule has 0 unspecified atom stereocenters. The zero-order valence-electron chi connectivity index (χ0n) is 15.6. The van der Waals surface area contributed by atoms with Crippen LogP contribution >= 0.6 is 11.3 Å². The number of fused-ring (bicyclic) bond motifs is 1. The summed E-state index contributed by atoms with van der Waals surface area (Å²) in [6.07, 6.45) is 3.97. The number of amides is 2. The van der Waals surface area contributed by atoms with E-state index >= 15 is 0 Å². The summed E-state index contributed by atoms with van der Waals surface area (Å²) in [6.45, 7) is 5.78. The number of hydrogen-bond acceptors (Lipinski definition) is 6. The highest BCUT2D eigenvalue weighted by Gasteiger charge is 2.43. The second kappa shape index (κ2) is 8.26. The van der Waals surface area contributed by atoms with Gasteiger partial charge in [-0.1, -0.05) is 6.42 Å². The summed E-state index contributed by atoms with van der Waals surface area (Å²) in [5.74, 6) is -0.322. The lowest BCUT2D eigenvalue weighted by atomic mass is 10.0. The molecule has 0 spiro atoms. The van der Waals surface area contributed by atoms with E-state index < -0.39 is 12.1 Å². The number of piperidine rings is 1. The van der Waals surface area contributed by atoms with Crippen molar-refractivity contribution in [2.24, 2.45) is 0 Å². The second-order valence-electron chi connectivity index (χ2n) is 7.73. The molecule has 4 heterocycles. The topological polar surface area (TPSA) is 76.1 Å². The standard InChI is InChI=1S/C19H28N4O3S/c24-13-16-19(26)23-9-8-22(12-17(23)18(25)20-16)11-15-5-4-14(27-15)10-21-6-2-1-3-7-21/h4-5,16-17,24H,1-3,6-13H2,(H,20,25)/t16-,17+/m0/s1. The van der Waals surface area contributed by atoms with Gasteiger partial charge >= 0.3 is 0 Å². The zero-order chi connectivity index (χ0) is 18.8. The Hall–Kier alpha value is -1.48. The van der Waals surface area contributed by atoms with Gasteiger partial charge in [-0.25, -0.2) is 0 Å². The van der Waals surface area contributed by atoms with Crippen LogP contribution in [0.25, 0.3) is 0 Å². The summed E-state index contributed by atoms with van der Waals surface area (Å²) in [6, 6.07) is 3.20. The molecule has 27 heavy (non-hydrogen) atoms. The minimum atomic E-state index is -0.782. The van der Waals surface area contributed by atoms with Gasteiger partial charge in [-0.2, -0.15) is 0 Å². The van der Waals surface area contributed by atoms with Gasteiger partial charge in [0.15, 0.2) is 0 Å². The smallest absolute Gasteiger partial charge is 0.248 e. The maximum atomic E-state index is 12.3. The van der Waals surface area contributed by atoms with Crippen molar-refractivity contribution >= 4 is 23.2 Å². The number of rotatable bonds is 5. The quantitative estimate of drug-likeness (QED) is 0.751. The molecular weight excluding hydrogens is 364 g/mol. The van der Waals surface area contributed by atoms with Crippen molar-refractivity contribution in [3.05, 3.63) is 21.9 Å². The SMILES string of the molecule is O=C1N[C@@H](CO)C(=O)N2CCN(Cc3ccc(CN4CCCCC4)s3)C[C@H]12. The number of nitrogens with zero attached hydrogens (tertiary/aromatic N) is 3. The average Bonchev–Trinajstić information content (AvgIpc) is 3.12. The molecule has 2 atom stereocenters. The molecule has 1 aromatic rings. The third-order valence-electron chi connectivity index (χ3n) is 5.77. The van der Waals surface area contributed by atoms with Gasteiger partial charge < -0.3 is 15.3 Å². The largest absolute Gasteiger partial charge is 0.394 e. The van der Waals surface area contributed by atoms with Crippen LogP contribution in [0.5, 0.6) is 0 Å². The van der Waals surface area contributed by atoms with E-state index in [2.05, 4.69) is 27.2 Å². The summed E-state index contributed by atoms with van der Waals surface area (Å²) in [5.41, 5.74) is 0. The predicted molar refractivity (Wildman–Crippen MR) is 103 cm³/mol. The lowest BCUT2D eigenvalue weighted by molar-refractivity contribution is -0.154. The molecule has 2 N–H and O–H groups in total. The van der Waals surface area contributed by atoms with E-state index in [-0.39, 0.29) is 18.4 Å². The lowest BCUT2D eigenvalue weighted by Gasteiger charge is -2.44. The van der Waals surface area contributed by atoms with E-state index in [9.17, 15) is 14.7 Å². The van der Waals surface area contributed by atoms with Gasteiger partial charge in [0.1, 0.15) is 12.1 Å². The molecule has 0 aliphatic carbocycles. The zero-order valence-corrected chi connectivity index (χ0v) is 16.4. The van der Waals surface area contributed by atoms with Crippen molar-refractivity contribution in [2.45, 2.75) is 44.4 Å². The first-order valence-electron chi connectivity index (χ1n) is 9.88. The third kappa shape index (κ3) is 4.18. The first kappa shape index (κ1) is 18.9. The van der Waals surface area contributed by atoms with Crippen LogP contribution in [0, 0.1) is 0 Å². The van der Waals surface area contributed by atoms with Gasteiger partial charge in [0, 0.05) is 42.5 Å². The van der Waals surface area contributed by atoms with Crippen LogP contribution in [0.4, 0.5) is 0 Å². The number of thiophene rings is 1. The van der Waals surface area contributed by atoms with E-state index in [4.69, 9.17) is 0 Å². The normalized spacial score (nSPS) is 27.5. The van der Waals surface area contributed by atoms with Crippen LogP contribution in [0.2, 0.25) is 0 Å². The van der Waals surface area contributed by atoms with E-state index in [1.165, 1.54) is 42.1 Å². The molecule has 148 valence electrons. The number of aliphatic hydroxyl groups excluding tert-OH is 1. The van der Waals surface area contributed by atoms with E-state index in [1.54, 1.807) is 4.90 Å². The van der Waals surface area contributed by atoms with Crippen LogP contribution in [-0.2, 0) is 22.7 Å². The first-order valence-corrected chi connectivity index (χ1v) is 10.7. The fourth-order valence-corrected chi connectivity index (χ4v) is 5.38. The van der Waals surface area contributed by atoms with Crippen LogP contribution < -0.4 is 5.32 Å². The van der Waals surface area contributed by atoms with Gasteiger partial charge in [0.25, 0.3) is 0 Å². The molecule has 1 aromatic heterocycles. The van der Waals surface area contributed by atoms with E-state index in [1.807, 2.05) is 11.3 Å². The molecule has 0 bridgehead atoms. The maximum Gasteiger partial charge on any atom is 0.248 e. The monoisotopic (exact) mass is 392 g/mol. The number of carbonyl (C=O) groups excluding carboxylic acids is 2. The lowest BCUT2D eigenvalue weighted by Crippen LogP contribution is -2.69. The van der Waals surface area contributed by atoms with Crippen molar-refractivity contribution < 1.29 is 14.7 Å². The van der Waals surface area contributed by atoms with Gasteiger partial charge in [-0.3, -0.25) is 19.4 Å². The fourth-order valence-electron chi connectivity index (χ4n) is 4.28. The molecule has 7 nitrogen and oxygen atoms in total. The number of hydrogen-bond donors (Lipinski definition) is 2. The summed E-state index contributed by atoms with van der Waals surface area (Å²) < 4.78 is 0. The first-order chi connectivity index (χ1) is 13.1. The van der Waals surface area contributed by atoms with Crippen molar-refractivity contribution in [3.63, 3.8) is 0 Å². The molecule has 3 saturated heterocycles. The number of aliphatic hydroxyl groups is 1.